The predicted molar refractivity (Wildman–Crippen MR) is 133 cm³/mol. The standard InChI is InChI=1S/C26H30N6O3/c1-17-7-5-6-8-19(17)21-22(32-15-16-34-24(32)30-21)20-9-12-27-23(29-20)28-18-10-13-31(14-11-18)25(33)35-26(2,3)4/h5-9,12,15-16,18H,10-11,13-14H2,1-4H3,(H,27,28,29). The molecule has 1 aliphatic heterocycles. The number of amides is 1. The Hall–Kier alpha value is -3.88. The highest BCUT2D eigenvalue weighted by Crippen LogP contribution is 2.34. The first-order valence-electron chi connectivity index (χ1n) is 11.9. The fourth-order valence-corrected chi connectivity index (χ4v) is 4.33. The van der Waals surface area contributed by atoms with Crippen molar-refractivity contribution >= 4 is 17.9 Å². The van der Waals surface area contributed by atoms with Crippen molar-refractivity contribution in [1.82, 2.24) is 24.3 Å². The van der Waals surface area contributed by atoms with E-state index in [1.54, 1.807) is 17.4 Å². The number of oxazole rings is 1. The summed E-state index contributed by atoms with van der Waals surface area (Å²) in [7, 11) is 0. The molecule has 4 aromatic rings. The van der Waals surface area contributed by atoms with Crippen LogP contribution in [0.25, 0.3) is 28.5 Å². The van der Waals surface area contributed by atoms with Gasteiger partial charge in [0.15, 0.2) is 0 Å². The quantitative estimate of drug-likeness (QED) is 0.436. The van der Waals surface area contributed by atoms with Crippen molar-refractivity contribution in [2.45, 2.75) is 52.2 Å². The van der Waals surface area contributed by atoms with Gasteiger partial charge in [-0.2, -0.15) is 4.98 Å². The summed E-state index contributed by atoms with van der Waals surface area (Å²) in [6, 6.07) is 10.2. The highest BCUT2D eigenvalue weighted by Gasteiger charge is 2.27. The van der Waals surface area contributed by atoms with Crippen LogP contribution in [0, 0.1) is 6.92 Å². The first-order chi connectivity index (χ1) is 16.8. The number of aromatic nitrogens is 4. The number of carbonyl (C=O) groups excluding carboxylic acids is 1. The Kier molecular flexibility index (Phi) is 5.92. The summed E-state index contributed by atoms with van der Waals surface area (Å²) < 4.78 is 13.0. The molecule has 0 spiro atoms. The molecule has 1 saturated heterocycles. The average molecular weight is 475 g/mol. The molecule has 9 heteroatoms. The summed E-state index contributed by atoms with van der Waals surface area (Å²) in [5, 5.41) is 3.45. The van der Waals surface area contributed by atoms with Crippen molar-refractivity contribution < 1.29 is 13.9 Å². The minimum atomic E-state index is -0.494. The van der Waals surface area contributed by atoms with Crippen LogP contribution in [0.5, 0.6) is 0 Å². The zero-order valence-electron chi connectivity index (χ0n) is 20.5. The largest absolute Gasteiger partial charge is 0.444 e. The second-order valence-electron chi connectivity index (χ2n) is 9.83. The SMILES string of the molecule is Cc1ccccc1-c1nc2occn2c1-c1ccnc(NC2CCN(C(=O)OC(C)(C)C)CC2)n1. The van der Waals surface area contributed by atoms with Crippen LogP contribution in [0.3, 0.4) is 0 Å². The lowest BCUT2D eigenvalue weighted by molar-refractivity contribution is 0.0210. The number of hydrogen-bond donors (Lipinski definition) is 1. The summed E-state index contributed by atoms with van der Waals surface area (Å²) >= 11 is 0. The molecule has 1 aliphatic rings. The molecule has 1 N–H and O–H groups in total. The molecule has 0 atom stereocenters. The van der Waals surface area contributed by atoms with Gasteiger partial charge < -0.3 is 19.4 Å². The highest BCUT2D eigenvalue weighted by atomic mass is 16.6. The van der Waals surface area contributed by atoms with E-state index in [1.807, 2.05) is 49.6 Å². The van der Waals surface area contributed by atoms with Gasteiger partial charge in [-0.05, 0) is 52.2 Å². The molecule has 0 aliphatic carbocycles. The van der Waals surface area contributed by atoms with Crippen molar-refractivity contribution in [3.8, 4) is 22.6 Å². The van der Waals surface area contributed by atoms with E-state index in [1.165, 1.54) is 0 Å². The Bertz CT molecular complexity index is 1340. The molecular weight excluding hydrogens is 444 g/mol. The number of likely N-dealkylation sites (tertiary alicyclic amines) is 1. The van der Waals surface area contributed by atoms with Crippen LogP contribution in [0.2, 0.25) is 0 Å². The fourth-order valence-electron chi connectivity index (χ4n) is 4.33. The first kappa shape index (κ1) is 22.9. The van der Waals surface area contributed by atoms with Crippen molar-refractivity contribution in [3.05, 3.63) is 54.6 Å². The van der Waals surface area contributed by atoms with Gasteiger partial charge in [0.1, 0.15) is 23.3 Å². The summed E-state index contributed by atoms with van der Waals surface area (Å²) in [4.78, 5) is 28.1. The van der Waals surface area contributed by atoms with Crippen LogP contribution < -0.4 is 5.32 Å². The molecule has 0 saturated carbocycles. The Balaban J connectivity index is 1.36. The lowest BCUT2D eigenvalue weighted by Crippen LogP contribution is -2.44. The van der Waals surface area contributed by atoms with Gasteiger partial charge in [0.2, 0.25) is 5.95 Å². The summed E-state index contributed by atoms with van der Waals surface area (Å²) in [5.74, 6) is 1.06. The van der Waals surface area contributed by atoms with Gasteiger partial charge in [0.25, 0.3) is 0 Å². The molecule has 5 rings (SSSR count). The molecule has 3 aromatic heterocycles. The van der Waals surface area contributed by atoms with E-state index in [2.05, 4.69) is 29.4 Å². The van der Waals surface area contributed by atoms with E-state index >= 15 is 0 Å². The van der Waals surface area contributed by atoms with Crippen LogP contribution in [0.4, 0.5) is 10.7 Å². The zero-order chi connectivity index (χ0) is 24.6. The number of carbonyl (C=O) groups is 1. The maximum atomic E-state index is 12.4. The highest BCUT2D eigenvalue weighted by molar-refractivity contribution is 5.81. The summed E-state index contributed by atoms with van der Waals surface area (Å²) in [6.45, 7) is 8.96. The molecule has 9 nitrogen and oxygen atoms in total. The second kappa shape index (κ2) is 9.05. The number of rotatable bonds is 4. The minimum absolute atomic E-state index is 0.166. The second-order valence-corrected chi connectivity index (χ2v) is 9.83. The third-order valence-corrected chi connectivity index (χ3v) is 6.04. The molecule has 4 heterocycles. The number of aryl methyl sites for hydroxylation is 1. The number of anilines is 1. The van der Waals surface area contributed by atoms with E-state index in [4.69, 9.17) is 19.1 Å². The molecular formula is C26H30N6O3. The lowest BCUT2D eigenvalue weighted by Gasteiger charge is -2.33. The number of nitrogens with zero attached hydrogens (tertiary/aromatic N) is 5. The number of benzene rings is 1. The Labute approximate surface area is 204 Å². The van der Waals surface area contributed by atoms with Gasteiger partial charge in [-0.25, -0.2) is 14.8 Å². The predicted octanol–water partition coefficient (Wildman–Crippen LogP) is 5.17. The smallest absolute Gasteiger partial charge is 0.410 e. The van der Waals surface area contributed by atoms with E-state index in [-0.39, 0.29) is 12.1 Å². The normalized spacial score (nSPS) is 14.9. The van der Waals surface area contributed by atoms with Gasteiger partial charge in [-0.1, -0.05) is 24.3 Å². The number of nitrogens with one attached hydrogen (secondary N) is 1. The number of fused-ring (bicyclic) bond motifs is 1. The van der Waals surface area contributed by atoms with Crippen LogP contribution in [0.1, 0.15) is 39.2 Å². The molecule has 182 valence electrons. The van der Waals surface area contributed by atoms with Gasteiger partial charge in [-0.3, -0.25) is 4.40 Å². The van der Waals surface area contributed by atoms with Crippen LogP contribution in [0.15, 0.2) is 53.4 Å². The Morgan fingerprint density at radius 1 is 1.14 bits per heavy atom. The Morgan fingerprint density at radius 3 is 2.66 bits per heavy atom. The fraction of sp³-hybridized carbons (Fsp3) is 0.385. The molecule has 0 bridgehead atoms. The maximum absolute atomic E-state index is 12.4. The summed E-state index contributed by atoms with van der Waals surface area (Å²) in [5.41, 5.74) is 4.08. The topological polar surface area (TPSA) is 97.8 Å². The summed E-state index contributed by atoms with van der Waals surface area (Å²) in [6.07, 6.45) is 6.54. The molecule has 35 heavy (non-hydrogen) atoms. The maximum Gasteiger partial charge on any atom is 0.410 e. The molecule has 0 radical (unpaired) electrons. The monoisotopic (exact) mass is 474 g/mol. The van der Waals surface area contributed by atoms with Gasteiger partial charge in [-0.15, -0.1) is 0 Å². The number of ether oxygens (including phenoxy) is 1. The molecule has 1 aromatic carbocycles. The van der Waals surface area contributed by atoms with Gasteiger partial charge in [0.05, 0.1) is 5.69 Å². The molecule has 1 fully saturated rings. The van der Waals surface area contributed by atoms with Crippen molar-refractivity contribution in [2.75, 3.05) is 18.4 Å². The third kappa shape index (κ3) is 4.84. The van der Waals surface area contributed by atoms with E-state index in [0.29, 0.717) is 24.9 Å². The zero-order valence-corrected chi connectivity index (χ0v) is 20.5. The van der Waals surface area contributed by atoms with Crippen LogP contribution in [-0.4, -0.2) is 55.1 Å². The first-order valence-corrected chi connectivity index (χ1v) is 11.9. The van der Waals surface area contributed by atoms with Crippen molar-refractivity contribution in [1.29, 1.82) is 0 Å². The van der Waals surface area contributed by atoms with Gasteiger partial charge in [0, 0.05) is 37.1 Å². The number of hydrogen-bond acceptors (Lipinski definition) is 7. The van der Waals surface area contributed by atoms with Gasteiger partial charge >= 0.3 is 11.9 Å². The van der Waals surface area contributed by atoms with Crippen molar-refractivity contribution in [3.63, 3.8) is 0 Å². The van der Waals surface area contributed by atoms with Crippen molar-refractivity contribution in [2.24, 2.45) is 0 Å². The van der Waals surface area contributed by atoms with E-state index < -0.39 is 5.60 Å². The molecule has 0 unspecified atom stereocenters. The third-order valence-electron chi connectivity index (χ3n) is 6.04. The lowest BCUT2D eigenvalue weighted by atomic mass is 10.0. The minimum Gasteiger partial charge on any atom is -0.444 e. The molecule has 1 amide bonds. The van der Waals surface area contributed by atoms with Crippen LogP contribution in [-0.2, 0) is 4.74 Å². The average Bonchev–Trinajstić information content (AvgIpc) is 3.40. The number of imidazole rings is 1. The Morgan fingerprint density at radius 2 is 1.91 bits per heavy atom. The number of piperidine rings is 1. The van der Waals surface area contributed by atoms with E-state index in [9.17, 15) is 4.79 Å². The van der Waals surface area contributed by atoms with E-state index in [0.717, 1.165) is 41.1 Å². The van der Waals surface area contributed by atoms with Crippen LogP contribution >= 0.6 is 0 Å².